The van der Waals surface area contributed by atoms with Crippen molar-refractivity contribution in [3.8, 4) is 11.5 Å². The second-order valence-corrected chi connectivity index (χ2v) is 24.0. The Bertz CT molecular complexity index is 1410. The van der Waals surface area contributed by atoms with Crippen LogP contribution < -0.4 is 32.8 Å². The molecular formula is C33H43IN3O6-. The van der Waals surface area contributed by atoms with E-state index in [2.05, 4.69) is 49.8 Å². The van der Waals surface area contributed by atoms with E-state index in [4.69, 9.17) is 13.9 Å². The Balaban J connectivity index is 1.43. The Morgan fingerprint density at radius 2 is 1.93 bits per heavy atom. The van der Waals surface area contributed by atoms with Crippen LogP contribution in [0.4, 0.5) is 5.69 Å². The Kier molecular flexibility index (Phi) is 9.95. The van der Waals surface area contributed by atoms with Gasteiger partial charge >= 0.3 is 203 Å². The summed E-state index contributed by atoms with van der Waals surface area (Å²) in [6.45, 7) is 3.47. The normalized spacial score (nSPS) is 20.3. The Morgan fingerprint density at radius 3 is 2.65 bits per heavy atom. The van der Waals surface area contributed by atoms with Crippen molar-refractivity contribution in [1.29, 1.82) is 0 Å². The number of aliphatic carboxylic acids is 1. The number of alkyl halides is 4. The summed E-state index contributed by atoms with van der Waals surface area (Å²) in [4.78, 5) is 42.4. The molecule has 3 aromatic rings. The van der Waals surface area contributed by atoms with Gasteiger partial charge in [0.15, 0.2) is 11.5 Å². The average Bonchev–Trinajstić information content (AvgIpc) is 3.71. The molecule has 2 aromatic carbocycles. The van der Waals surface area contributed by atoms with Crippen LogP contribution in [-0.4, -0.2) is 74.1 Å². The maximum atomic E-state index is 14.1. The molecule has 1 saturated heterocycles. The quantitative estimate of drug-likeness (QED) is 0.213. The summed E-state index contributed by atoms with van der Waals surface area (Å²) in [5, 5.41) is 10.5. The molecule has 2 aliphatic heterocycles. The molecule has 3 atom stereocenters. The van der Waals surface area contributed by atoms with E-state index in [9.17, 15) is 14.7 Å². The van der Waals surface area contributed by atoms with Gasteiger partial charge in [-0.15, -0.1) is 0 Å². The predicted molar refractivity (Wildman–Crippen MR) is 162 cm³/mol. The van der Waals surface area contributed by atoms with Gasteiger partial charge in [0.25, 0.3) is 0 Å². The van der Waals surface area contributed by atoms with E-state index in [-0.39, 0.29) is 31.2 Å². The molecule has 43 heavy (non-hydrogen) atoms. The molecule has 1 aromatic heterocycles. The van der Waals surface area contributed by atoms with Crippen molar-refractivity contribution < 1.29 is 47.0 Å². The standard InChI is InChI=1S/C33H43IN3O6/c1-5-6-15-37(25-9-7-8-23(17-25)19-34(2,3)4)31(38)21-36-20-26(24-10-12-28-29(18-24)43-22-42-28)32(33(39)40)27(36)11-13-30-35-14-16-41-30/h7-10,12,14,16-18,26-27,32H,5-6,11,13,15,19-22H2,1-4H3,(H,39,40)/q-1/t26-,27+,32-/m1/s1. The van der Waals surface area contributed by atoms with Gasteiger partial charge in [0, 0.05) is 0 Å². The summed E-state index contributed by atoms with van der Waals surface area (Å²) in [5.74, 6) is -0.0836. The van der Waals surface area contributed by atoms with Crippen molar-refractivity contribution in [2.45, 2.75) is 49.0 Å². The topological polar surface area (TPSA) is 105 Å². The molecule has 1 amide bonds. The number of hydrogen-bond acceptors (Lipinski definition) is 7. The number of rotatable bonds is 13. The summed E-state index contributed by atoms with van der Waals surface area (Å²) in [7, 11) is 0. The summed E-state index contributed by atoms with van der Waals surface area (Å²) in [6.07, 6.45) is 5.97. The Labute approximate surface area is 258 Å². The Morgan fingerprint density at radius 1 is 1.12 bits per heavy atom. The third-order valence-electron chi connectivity index (χ3n) is 8.15. The van der Waals surface area contributed by atoms with Crippen LogP contribution in [0.3, 0.4) is 0 Å². The van der Waals surface area contributed by atoms with Gasteiger partial charge in [-0.1, -0.05) is 0 Å². The predicted octanol–water partition coefficient (Wildman–Crippen LogP) is 1.89. The number of amides is 1. The van der Waals surface area contributed by atoms with E-state index in [0.29, 0.717) is 43.3 Å². The van der Waals surface area contributed by atoms with Crippen LogP contribution in [0.25, 0.3) is 0 Å². The fourth-order valence-corrected chi connectivity index (χ4v) is 9.34. The van der Waals surface area contributed by atoms with Gasteiger partial charge in [-0.25, -0.2) is 4.98 Å². The number of fused-ring (bicyclic) bond motifs is 1. The number of anilines is 1. The number of aromatic nitrogens is 1. The number of oxazole rings is 1. The number of unbranched alkanes of at least 4 members (excludes halogenated alkanes) is 1. The third-order valence-corrected chi connectivity index (χ3v) is 11.3. The number of carbonyl (C=O) groups excluding carboxylic acids is 1. The number of ether oxygens (including phenoxy) is 2. The van der Waals surface area contributed by atoms with Crippen molar-refractivity contribution in [2.75, 3.05) is 46.1 Å². The first-order chi connectivity index (χ1) is 20.6. The van der Waals surface area contributed by atoms with Gasteiger partial charge in [0.1, 0.15) is 6.26 Å². The zero-order valence-corrected chi connectivity index (χ0v) is 27.7. The number of carboxylic acid groups (broad SMARTS) is 1. The molecule has 0 aliphatic carbocycles. The molecule has 0 radical (unpaired) electrons. The fraction of sp³-hybridized carbons (Fsp3) is 0.485. The van der Waals surface area contributed by atoms with Crippen LogP contribution in [0.2, 0.25) is 0 Å². The minimum absolute atomic E-state index is 0.0150. The van der Waals surface area contributed by atoms with E-state index in [1.54, 1.807) is 6.20 Å². The van der Waals surface area contributed by atoms with E-state index in [1.807, 2.05) is 29.2 Å². The van der Waals surface area contributed by atoms with Crippen LogP contribution in [0, 0.1) is 5.92 Å². The first kappa shape index (κ1) is 31.3. The summed E-state index contributed by atoms with van der Waals surface area (Å²) >= 11 is -1.77. The summed E-state index contributed by atoms with van der Waals surface area (Å²) < 4.78 is 17.7. The fourth-order valence-electron chi connectivity index (χ4n) is 6.23. The van der Waals surface area contributed by atoms with Crippen molar-refractivity contribution in [3.63, 3.8) is 0 Å². The average molecular weight is 705 g/mol. The molecule has 0 saturated carbocycles. The van der Waals surface area contributed by atoms with Crippen molar-refractivity contribution >= 4 is 17.6 Å². The first-order valence-corrected chi connectivity index (χ1v) is 22.8. The summed E-state index contributed by atoms with van der Waals surface area (Å²) in [6, 6.07) is 13.7. The molecule has 0 unspecified atom stereocenters. The number of nitrogens with zero attached hydrogens (tertiary/aromatic N) is 3. The maximum absolute atomic E-state index is 14.1. The number of aryl methyl sites for hydroxylation is 1. The monoisotopic (exact) mass is 704 g/mol. The zero-order chi connectivity index (χ0) is 30.6. The first-order valence-electron chi connectivity index (χ1n) is 14.8. The van der Waals surface area contributed by atoms with Gasteiger partial charge < -0.3 is 13.9 Å². The van der Waals surface area contributed by atoms with Gasteiger partial charge in [-0.3, -0.25) is 0 Å². The van der Waals surface area contributed by atoms with Crippen molar-refractivity contribution in [3.05, 3.63) is 71.9 Å². The molecule has 0 bridgehead atoms. The minimum atomic E-state index is -1.77. The number of carboxylic acids is 1. The van der Waals surface area contributed by atoms with Crippen LogP contribution in [0.15, 0.2) is 59.3 Å². The Hall–Kier alpha value is -3.12. The number of likely N-dealkylation sites (tertiary alicyclic amines) is 1. The number of benzene rings is 2. The zero-order valence-electron chi connectivity index (χ0n) is 25.5. The van der Waals surface area contributed by atoms with E-state index < -0.39 is 30.3 Å². The molecule has 1 N–H and O–H groups in total. The van der Waals surface area contributed by atoms with Gasteiger partial charge in [-0.05, 0) is 6.07 Å². The number of hydrogen-bond donors (Lipinski definition) is 1. The van der Waals surface area contributed by atoms with E-state index >= 15 is 0 Å². The van der Waals surface area contributed by atoms with Crippen LogP contribution in [0.1, 0.15) is 49.1 Å². The van der Waals surface area contributed by atoms with E-state index in [0.717, 1.165) is 28.5 Å². The van der Waals surface area contributed by atoms with Crippen LogP contribution >= 0.6 is 0 Å². The summed E-state index contributed by atoms with van der Waals surface area (Å²) in [5.41, 5.74) is 3.06. The van der Waals surface area contributed by atoms with Crippen LogP contribution in [0.5, 0.6) is 11.5 Å². The van der Waals surface area contributed by atoms with Gasteiger partial charge in [0.05, 0.1) is 6.20 Å². The third kappa shape index (κ3) is 7.70. The molecular weight excluding hydrogens is 661 g/mol. The second-order valence-electron chi connectivity index (χ2n) is 12.2. The number of carbonyl (C=O) groups is 2. The van der Waals surface area contributed by atoms with Crippen LogP contribution in [-0.2, 0) is 20.4 Å². The SMILES string of the molecule is CCCCN(C(=O)CN1C[C@H](c2ccc3c(c2)OCO3)[C@@H](C(=O)O)[C@@H]1CCc1ncco1)c1cccc(C[I-](C)(C)C)c1. The molecule has 0 spiro atoms. The molecule has 234 valence electrons. The molecule has 10 heteroatoms. The second kappa shape index (κ2) is 13.7. The van der Waals surface area contributed by atoms with Gasteiger partial charge in [0.2, 0.25) is 6.79 Å². The molecule has 9 nitrogen and oxygen atoms in total. The number of halogens is 1. The molecule has 5 rings (SSSR count). The van der Waals surface area contributed by atoms with Gasteiger partial charge in [-0.2, -0.15) is 0 Å². The van der Waals surface area contributed by atoms with Crippen molar-refractivity contribution in [2.24, 2.45) is 5.92 Å². The van der Waals surface area contributed by atoms with E-state index in [1.165, 1.54) is 11.8 Å². The molecule has 3 heterocycles. The van der Waals surface area contributed by atoms with Crippen molar-refractivity contribution in [1.82, 2.24) is 9.88 Å². The molecule has 1 fully saturated rings. The molecule has 2 aliphatic rings.